The smallest absolute Gasteiger partial charge is 0.306 e. The molecule has 1 aliphatic rings. The summed E-state index contributed by atoms with van der Waals surface area (Å²) >= 11 is 0. The first kappa shape index (κ1) is 56.4. The number of carbonyl (C=O) groups excluding carboxylic acids is 2. The van der Waals surface area contributed by atoms with Gasteiger partial charge in [-0.3, -0.25) is 14.1 Å². The lowest BCUT2D eigenvalue weighted by atomic mass is 10.00. The highest BCUT2D eigenvalue weighted by Gasteiger charge is 2.46. The van der Waals surface area contributed by atoms with Crippen LogP contribution < -0.4 is 0 Å². The quantitative estimate of drug-likeness (QED) is 0.0199. The normalized spacial score (nSPS) is 20.5. The number of allylic oxidation sites excluding steroid dienone is 10. The Morgan fingerprint density at radius 1 is 0.557 bits per heavy atom. The molecule has 0 bridgehead atoms. The summed E-state index contributed by atoms with van der Waals surface area (Å²) in [4.78, 5) is 25.4. The van der Waals surface area contributed by atoms with E-state index in [2.05, 4.69) is 74.6 Å². The van der Waals surface area contributed by atoms with Gasteiger partial charge in [0.1, 0.15) is 36.8 Å². The van der Waals surface area contributed by atoms with Gasteiger partial charge in [0.25, 0.3) is 10.1 Å². The molecule has 1 saturated heterocycles. The Bertz CT molecular complexity index is 1360. The fourth-order valence-electron chi connectivity index (χ4n) is 6.64. The molecule has 12 nitrogen and oxygen atoms in total. The van der Waals surface area contributed by atoms with Crippen LogP contribution in [0.15, 0.2) is 60.8 Å². The van der Waals surface area contributed by atoms with E-state index in [1.54, 1.807) is 0 Å². The van der Waals surface area contributed by atoms with Crippen molar-refractivity contribution in [2.24, 2.45) is 0 Å². The van der Waals surface area contributed by atoms with Crippen molar-refractivity contribution in [1.82, 2.24) is 0 Å². The molecule has 1 aliphatic heterocycles. The molecule has 0 aromatic carbocycles. The highest BCUT2D eigenvalue weighted by Crippen LogP contribution is 2.24. The topological polar surface area (TPSA) is 186 Å². The molecule has 0 aliphatic carbocycles. The molecule has 4 N–H and O–H groups in total. The fraction of sp³-hybridized carbons (Fsp3) is 0.750. The molecule has 0 aromatic heterocycles. The van der Waals surface area contributed by atoms with E-state index in [4.69, 9.17) is 18.9 Å². The average Bonchev–Trinajstić information content (AvgIpc) is 3.22. The minimum Gasteiger partial charge on any atom is -0.462 e. The first-order valence-corrected chi connectivity index (χ1v) is 25.0. The van der Waals surface area contributed by atoms with Gasteiger partial charge in [-0.1, -0.05) is 145 Å². The third kappa shape index (κ3) is 32.7. The lowest BCUT2D eigenvalue weighted by molar-refractivity contribution is -0.297. The number of carbonyl (C=O) groups is 2. The van der Waals surface area contributed by atoms with Gasteiger partial charge in [0.05, 0.1) is 6.61 Å². The van der Waals surface area contributed by atoms with Crippen molar-refractivity contribution in [3.63, 3.8) is 0 Å². The van der Waals surface area contributed by atoms with Gasteiger partial charge in [0.15, 0.2) is 12.4 Å². The maximum absolute atomic E-state index is 12.8. The first-order valence-electron chi connectivity index (χ1n) is 23.3. The van der Waals surface area contributed by atoms with Crippen LogP contribution in [0, 0.1) is 0 Å². The summed E-state index contributed by atoms with van der Waals surface area (Å²) in [6.07, 6.45) is 36.8. The summed E-state index contributed by atoms with van der Waals surface area (Å²) in [6.45, 7) is 3.66. The van der Waals surface area contributed by atoms with E-state index < -0.39 is 71.2 Å². The summed E-state index contributed by atoms with van der Waals surface area (Å²) in [5, 5.41) is 30.9. The van der Waals surface area contributed by atoms with Crippen LogP contribution in [0.2, 0.25) is 0 Å². The van der Waals surface area contributed by atoms with E-state index in [0.717, 1.165) is 96.3 Å². The molecule has 352 valence electrons. The second-order valence-electron chi connectivity index (χ2n) is 16.1. The molecule has 0 saturated carbocycles. The third-order valence-corrected chi connectivity index (χ3v) is 11.1. The van der Waals surface area contributed by atoms with Gasteiger partial charge in [-0.25, -0.2) is 0 Å². The Morgan fingerprint density at radius 2 is 1.00 bits per heavy atom. The predicted molar refractivity (Wildman–Crippen MR) is 242 cm³/mol. The van der Waals surface area contributed by atoms with E-state index in [1.807, 2.05) is 0 Å². The third-order valence-electron chi connectivity index (χ3n) is 10.3. The van der Waals surface area contributed by atoms with E-state index >= 15 is 0 Å². The van der Waals surface area contributed by atoms with Gasteiger partial charge in [-0.15, -0.1) is 0 Å². The molecule has 1 heterocycles. The molecule has 0 aromatic rings. The zero-order valence-electron chi connectivity index (χ0n) is 37.5. The van der Waals surface area contributed by atoms with Crippen molar-refractivity contribution < 1.29 is 56.8 Å². The molecule has 1 fully saturated rings. The maximum atomic E-state index is 12.8. The number of esters is 2. The second-order valence-corrected chi connectivity index (χ2v) is 17.6. The summed E-state index contributed by atoms with van der Waals surface area (Å²) < 4.78 is 54.1. The molecule has 13 heteroatoms. The molecule has 0 amide bonds. The van der Waals surface area contributed by atoms with Gasteiger partial charge in [-0.2, -0.15) is 8.42 Å². The van der Waals surface area contributed by atoms with Gasteiger partial charge < -0.3 is 34.3 Å². The van der Waals surface area contributed by atoms with Crippen LogP contribution in [0.3, 0.4) is 0 Å². The molecule has 6 unspecified atom stereocenters. The number of aliphatic hydroxyl groups excluding tert-OH is 3. The van der Waals surface area contributed by atoms with Crippen molar-refractivity contribution in [3.05, 3.63) is 60.8 Å². The van der Waals surface area contributed by atoms with Crippen LogP contribution in [0.5, 0.6) is 0 Å². The second kappa shape index (κ2) is 37.9. The Kier molecular flexibility index (Phi) is 35.0. The van der Waals surface area contributed by atoms with Crippen LogP contribution in [-0.4, -0.2) is 96.0 Å². The average molecular weight is 883 g/mol. The molecule has 0 spiro atoms. The Balaban J connectivity index is 2.45. The van der Waals surface area contributed by atoms with E-state index in [-0.39, 0.29) is 19.4 Å². The number of rotatable bonds is 38. The first-order chi connectivity index (χ1) is 29.5. The van der Waals surface area contributed by atoms with Crippen LogP contribution in [0.1, 0.15) is 174 Å². The van der Waals surface area contributed by atoms with Crippen molar-refractivity contribution in [1.29, 1.82) is 0 Å². The molecular weight excluding hydrogens is 801 g/mol. The summed E-state index contributed by atoms with van der Waals surface area (Å²) in [5.41, 5.74) is 0. The van der Waals surface area contributed by atoms with E-state index in [0.29, 0.717) is 12.8 Å². The monoisotopic (exact) mass is 883 g/mol. The number of hydrogen-bond acceptors (Lipinski definition) is 11. The van der Waals surface area contributed by atoms with E-state index in [1.165, 1.54) is 38.5 Å². The van der Waals surface area contributed by atoms with Crippen molar-refractivity contribution >= 4 is 22.1 Å². The van der Waals surface area contributed by atoms with Gasteiger partial charge >= 0.3 is 11.9 Å². The zero-order chi connectivity index (χ0) is 44.8. The highest BCUT2D eigenvalue weighted by atomic mass is 32.2. The van der Waals surface area contributed by atoms with Gasteiger partial charge in [0.2, 0.25) is 0 Å². The number of ether oxygens (including phenoxy) is 4. The molecular formula is C48H82O12S. The van der Waals surface area contributed by atoms with Crippen molar-refractivity contribution in [2.45, 2.75) is 211 Å². The summed E-state index contributed by atoms with van der Waals surface area (Å²) in [6, 6.07) is 0. The lowest BCUT2D eigenvalue weighted by Crippen LogP contribution is -2.60. The van der Waals surface area contributed by atoms with Crippen LogP contribution >= 0.6 is 0 Å². The largest absolute Gasteiger partial charge is 0.462 e. The maximum Gasteiger partial charge on any atom is 0.306 e. The van der Waals surface area contributed by atoms with Crippen molar-refractivity contribution in [3.8, 4) is 0 Å². The Labute approximate surface area is 368 Å². The number of unbranched alkanes of at least 4 members (excludes halogenated alkanes) is 16. The molecule has 6 atom stereocenters. The minimum atomic E-state index is -4.61. The van der Waals surface area contributed by atoms with Crippen LogP contribution in [0.4, 0.5) is 0 Å². The van der Waals surface area contributed by atoms with Gasteiger partial charge in [-0.05, 0) is 77.0 Å². The Morgan fingerprint density at radius 3 is 1.51 bits per heavy atom. The van der Waals surface area contributed by atoms with Crippen molar-refractivity contribution in [2.75, 3.05) is 19.0 Å². The van der Waals surface area contributed by atoms with Crippen LogP contribution in [0.25, 0.3) is 0 Å². The van der Waals surface area contributed by atoms with E-state index in [9.17, 15) is 37.9 Å². The molecule has 61 heavy (non-hydrogen) atoms. The standard InChI is InChI=1S/C48H82O12S/c1-3-5-7-9-11-13-15-17-19-20-21-22-23-25-27-29-31-33-35-37-44(50)59-41(39-58-48-47(53)46(52)45(51)42(60-48)40-61(54,55)56)38-57-43(49)36-34-32-30-28-26-24-18-16-14-12-10-8-6-4-2/h10-13,16-19,21-22,41-42,45-48,51-53H,3-9,14-15,20,23-40H2,1-2H3,(H,54,55,56)/b12-10-,13-11-,18-16-,19-17-,22-21-. The minimum absolute atomic E-state index is 0.144. The Hall–Kier alpha value is -2.65. The summed E-state index contributed by atoms with van der Waals surface area (Å²) in [5.74, 6) is -2.02. The molecule has 0 radical (unpaired) electrons. The number of aliphatic hydroxyl groups is 3. The fourth-order valence-corrected chi connectivity index (χ4v) is 7.33. The summed E-state index contributed by atoms with van der Waals surface area (Å²) in [7, 11) is -4.61. The number of hydrogen-bond donors (Lipinski definition) is 4. The highest BCUT2D eigenvalue weighted by molar-refractivity contribution is 7.85. The van der Waals surface area contributed by atoms with Gasteiger partial charge in [0, 0.05) is 12.8 Å². The molecule has 1 rings (SSSR count). The lowest BCUT2D eigenvalue weighted by Gasteiger charge is -2.40. The zero-order valence-corrected chi connectivity index (χ0v) is 38.3. The van der Waals surface area contributed by atoms with Crippen LogP contribution in [-0.2, 0) is 38.7 Å². The predicted octanol–water partition coefficient (Wildman–Crippen LogP) is 9.73. The SMILES string of the molecule is CCCC/C=C\C/C=C\CCCCCCCC(=O)OCC(COC1OC(CS(=O)(=O)O)C(O)C(O)C1O)OC(=O)CCCCCCCC/C=C\C/C=C\C/C=C\CCCCC.